The Kier molecular flexibility index (Phi) is 8.22. The zero-order valence-corrected chi connectivity index (χ0v) is 16.6. The molecule has 0 unspecified atom stereocenters. The van der Waals surface area contributed by atoms with Crippen molar-refractivity contribution in [1.29, 1.82) is 0 Å². The molecule has 28 heavy (non-hydrogen) atoms. The number of nitrogens with one attached hydrogen (secondary N) is 2. The molecule has 2 amide bonds. The zero-order valence-electron chi connectivity index (χ0n) is 16.6. The van der Waals surface area contributed by atoms with Crippen molar-refractivity contribution < 1.29 is 14.5 Å². The van der Waals surface area contributed by atoms with Crippen molar-refractivity contribution in [3.63, 3.8) is 0 Å². The largest absolute Gasteiger partial charge is 0.379 e. The van der Waals surface area contributed by atoms with Gasteiger partial charge in [-0.3, -0.25) is 19.7 Å². The molecule has 8 nitrogen and oxygen atoms in total. The van der Waals surface area contributed by atoms with Crippen molar-refractivity contribution in [2.45, 2.75) is 52.0 Å². The second-order valence-electron chi connectivity index (χ2n) is 7.13. The number of rotatable bonds is 9. The number of para-hydroxylation sites is 2. The van der Waals surface area contributed by atoms with E-state index < -0.39 is 4.92 Å². The Balaban J connectivity index is 1.72. The van der Waals surface area contributed by atoms with E-state index in [1.165, 1.54) is 6.07 Å². The topological polar surface area (TPSA) is 105 Å². The van der Waals surface area contributed by atoms with Crippen LogP contribution in [-0.2, 0) is 9.59 Å². The van der Waals surface area contributed by atoms with Crippen LogP contribution in [0.3, 0.4) is 0 Å². The highest BCUT2D eigenvalue weighted by Crippen LogP contribution is 2.23. The average Bonchev–Trinajstić information content (AvgIpc) is 2.69. The standard InChI is InChI=1S/C20H30N4O4/c1-3-15(4-2)20(26)23-13-10-16(11-14-23)22-19(25)9-12-21-17-7-5-6-8-18(17)24(27)28/h5-8,15-16,21H,3-4,9-14H2,1-2H3,(H,22,25). The van der Waals surface area contributed by atoms with Gasteiger partial charge >= 0.3 is 0 Å². The zero-order chi connectivity index (χ0) is 20.5. The third-order valence-corrected chi connectivity index (χ3v) is 5.27. The molecule has 154 valence electrons. The highest BCUT2D eigenvalue weighted by Gasteiger charge is 2.27. The summed E-state index contributed by atoms with van der Waals surface area (Å²) < 4.78 is 0. The Labute approximate surface area is 165 Å². The number of benzene rings is 1. The summed E-state index contributed by atoms with van der Waals surface area (Å²) in [7, 11) is 0. The van der Waals surface area contributed by atoms with Crippen LogP contribution >= 0.6 is 0 Å². The molecule has 1 heterocycles. The lowest BCUT2D eigenvalue weighted by atomic mass is 9.98. The van der Waals surface area contributed by atoms with Crippen LogP contribution in [-0.4, -0.2) is 47.3 Å². The third kappa shape index (κ3) is 5.94. The van der Waals surface area contributed by atoms with Crippen molar-refractivity contribution in [3.05, 3.63) is 34.4 Å². The monoisotopic (exact) mass is 390 g/mol. The van der Waals surface area contributed by atoms with Gasteiger partial charge in [-0.2, -0.15) is 0 Å². The molecule has 0 saturated carbocycles. The van der Waals surface area contributed by atoms with Crippen molar-refractivity contribution in [2.75, 3.05) is 25.0 Å². The Hall–Kier alpha value is -2.64. The number of hydrogen-bond acceptors (Lipinski definition) is 5. The minimum Gasteiger partial charge on any atom is -0.379 e. The van der Waals surface area contributed by atoms with Crippen LogP contribution in [0.4, 0.5) is 11.4 Å². The lowest BCUT2D eigenvalue weighted by Gasteiger charge is -2.34. The van der Waals surface area contributed by atoms with E-state index in [1.54, 1.807) is 18.2 Å². The van der Waals surface area contributed by atoms with E-state index in [4.69, 9.17) is 0 Å². The van der Waals surface area contributed by atoms with Crippen molar-refractivity contribution in [1.82, 2.24) is 10.2 Å². The molecule has 1 aromatic rings. The summed E-state index contributed by atoms with van der Waals surface area (Å²) in [4.78, 5) is 37.1. The van der Waals surface area contributed by atoms with Gasteiger partial charge in [-0.25, -0.2) is 0 Å². The molecule has 0 spiro atoms. The molecule has 0 aromatic heterocycles. The quantitative estimate of drug-likeness (QED) is 0.498. The first-order valence-electron chi connectivity index (χ1n) is 10.0. The molecule has 2 rings (SSSR count). The Morgan fingerprint density at radius 2 is 1.86 bits per heavy atom. The van der Waals surface area contributed by atoms with Crippen LogP contribution < -0.4 is 10.6 Å². The summed E-state index contributed by atoms with van der Waals surface area (Å²) in [5, 5.41) is 17.0. The van der Waals surface area contributed by atoms with E-state index in [0.29, 0.717) is 25.3 Å². The van der Waals surface area contributed by atoms with Gasteiger partial charge < -0.3 is 15.5 Å². The molecule has 1 fully saturated rings. The molecule has 0 atom stereocenters. The summed E-state index contributed by atoms with van der Waals surface area (Å²) in [6.07, 6.45) is 3.47. The average molecular weight is 390 g/mol. The number of hydrogen-bond donors (Lipinski definition) is 2. The fourth-order valence-corrected chi connectivity index (χ4v) is 3.53. The molecule has 0 radical (unpaired) electrons. The molecule has 1 aromatic carbocycles. The van der Waals surface area contributed by atoms with Gasteiger partial charge in [0.15, 0.2) is 0 Å². The number of amides is 2. The Bertz CT molecular complexity index is 683. The molecule has 2 N–H and O–H groups in total. The maximum atomic E-state index is 12.4. The maximum Gasteiger partial charge on any atom is 0.292 e. The van der Waals surface area contributed by atoms with Crippen molar-refractivity contribution >= 4 is 23.2 Å². The van der Waals surface area contributed by atoms with E-state index in [9.17, 15) is 19.7 Å². The van der Waals surface area contributed by atoms with E-state index in [2.05, 4.69) is 10.6 Å². The minimum atomic E-state index is -0.445. The molecule has 8 heteroatoms. The lowest BCUT2D eigenvalue weighted by molar-refractivity contribution is -0.384. The van der Waals surface area contributed by atoms with E-state index in [0.717, 1.165) is 25.7 Å². The first kappa shape index (κ1) is 21.7. The molecular weight excluding hydrogens is 360 g/mol. The highest BCUT2D eigenvalue weighted by atomic mass is 16.6. The summed E-state index contributed by atoms with van der Waals surface area (Å²) in [6.45, 7) is 5.75. The first-order chi connectivity index (χ1) is 13.5. The fourth-order valence-electron chi connectivity index (χ4n) is 3.53. The summed E-state index contributed by atoms with van der Waals surface area (Å²) in [5.41, 5.74) is 0.408. The Morgan fingerprint density at radius 1 is 1.21 bits per heavy atom. The number of likely N-dealkylation sites (tertiary alicyclic amines) is 1. The Morgan fingerprint density at radius 3 is 2.46 bits per heavy atom. The maximum absolute atomic E-state index is 12.4. The van der Waals surface area contributed by atoms with Crippen LogP contribution in [0, 0.1) is 16.0 Å². The number of nitro benzene ring substituents is 1. The number of carbonyl (C=O) groups excluding carboxylic acids is 2. The molecular formula is C20H30N4O4. The predicted molar refractivity (Wildman–Crippen MR) is 108 cm³/mol. The van der Waals surface area contributed by atoms with Gasteiger partial charge in [-0.15, -0.1) is 0 Å². The summed E-state index contributed by atoms with van der Waals surface area (Å²) >= 11 is 0. The number of nitrogens with zero attached hydrogens (tertiary/aromatic N) is 2. The SMILES string of the molecule is CCC(CC)C(=O)N1CCC(NC(=O)CCNc2ccccc2[N+](=O)[O-])CC1. The van der Waals surface area contributed by atoms with Gasteiger partial charge in [0.25, 0.3) is 5.69 Å². The van der Waals surface area contributed by atoms with Gasteiger partial charge in [-0.05, 0) is 31.7 Å². The van der Waals surface area contributed by atoms with Gasteiger partial charge in [0, 0.05) is 44.1 Å². The smallest absolute Gasteiger partial charge is 0.292 e. The highest BCUT2D eigenvalue weighted by molar-refractivity contribution is 5.79. The molecule has 1 aliphatic heterocycles. The van der Waals surface area contributed by atoms with Crippen LogP contribution in [0.1, 0.15) is 46.0 Å². The molecule has 0 aliphatic carbocycles. The van der Waals surface area contributed by atoms with Crippen LogP contribution in [0.2, 0.25) is 0 Å². The van der Waals surface area contributed by atoms with Gasteiger partial charge in [0.05, 0.1) is 4.92 Å². The van der Waals surface area contributed by atoms with E-state index in [-0.39, 0.29) is 35.9 Å². The molecule has 1 aliphatic rings. The second kappa shape index (κ2) is 10.6. The van der Waals surface area contributed by atoms with Crippen LogP contribution in [0.25, 0.3) is 0 Å². The summed E-state index contributed by atoms with van der Waals surface area (Å²) in [5.74, 6) is 0.235. The second-order valence-corrected chi connectivity index (χ2v) is 7.13. The van der Waals surface area contributed by atoms with Crippen molar-refractivity contribution in [3.8, 4) is 0 Å². The van der Waals surface area contributed by atoms with E-state index >= 15 is 0 Å². The summed E-state index contributed by atoms with van der Waals surface area (Å²) in [6, 6.07) is 6.45. The fraction of sp³-hybridized carbons (Fsp3) is 0.600. The number of piperidine rings is 1. The predicted octanol–water partition coefficient (Wildman–Crippen LogP) is 2.94. The number of nitro groups is 1. The lowest BCUT2D eigenvalue weighted by Crippen LogP contribution is -2.48. The van der Waals surface area contributed by atoms with Gasteiger partial charge in [0.2, 0.25) is 11.8 Å². The normalized spacial score (nSPS) is 14.8. The van der Waals surface area contributed by atoms with Crippen molar-refractivity contribution in [2.24, 2.45) is 5.92 Å². The van der Waals surface area contributed by atoms with E-state index in [1.807, 2.05) is 18.7 Å². The molecule has 1 saturated heterocycles. The van der Waals surface area contributed by atoms with Crippen LogP contribution in [0.15, 0.2) is 24.3 Å². The minimum absolute atomic E-state index is 0.00240. The van der Waals surface area contributed by atoms with Gasteiger partial charge in [0.1, 0.15) is 5.69 Å². The van der Waals surface area contributed by atoms with Crippen LogP contribution in [0.5, 0.6) is 0 Å². The number of anilines is 1. The van der Waals surface area contributed by atoms with Gasteiger partial charge in [-0.1, -0.05) is 26.0 Å². The first-order valence-corrected chi connectivity index (χ1v) is 10.0. The third-order valence-electron chi connectivity index (χ3n) is 5.27. The number of carbonyl (C=O) groups is 2. The molecule has 0 bridgehead atoms.